The Kier molecular flexibility index (Phi) is 4.61. The van der Waals surface area contributed by atoms with E-state index in [1.165, 1.54) is 25.3 Å². The number of phenolic OH excluding ortho intramolecular Hbond substituents is 3. The average Bonchev–Trinajstić information content (AvgIpc) is 2.65. The monoisotopic (exact) mass is 370 g/mol. The van der Waals surface area contributed by atoms with Gasteiger partial charge in [-0.05, 0) is 30.2 Å². The molecule has 0 atom stereocenters. The first-order valence-electron chi connectivity index (χ1n) is 8.40. The largest absolute Gasteiger partial charge is 0.507 e. The lowest BCUT2D eigenvalue weighted by Crippen LogP contribution is -2.23. The van der Waals surface area contributed by atoms with Crippen LogP contribution in [0.15, 0.2) is 18.2 Å². The van der Waals surface area contributed by atoms with Crippen LogP contribution in [0.25, 0.3) is 0 Å². The van der Waals surface area contributed by atoms with Crippen molar-refractivity contribution in [2.75, 3.05) is 7.11 Å². The number of ether oxygens (including phenoxy) is 1. The predicted molar refractivity (Wildman–Crippen MR) is 94.9 cm³/mol. The van der Waals surface area contributed by atoms with E-state index in [0.29, 0.717) is 6.42 Å². The molecule has 0 saturated heterocycles. The Morgan fingerprint density at radius 1 is 0.963 bits per heavy atom. The molecule has 0 amide bonds. The number of fused-ring (bicyclic) bond motifs is 2. The second-order valence-electron chi connectivity index (χ2n) is 6.24. The van der Waals surface area contributed by atoms with Gasteiger partial charge in [0, 0.05) is 12.8 Å². The van der Waals surface area contributed by atoms with Crippen LogP contribution >= 0.6 is 0 Å². The third kappa shape index (κ3) is 2.81. The molecule has 0 spiro atoms. The molecule has 3 N–H and O–H groups in total. The molecule has 2 aromatic carbocycles. The molecular formula is C20H18O7. The number of rotatable bonds is 5. The molecule has 7 heteroatoms. The number of aromatic hydroxyl groups is 3. The van der Waals surface area contributed by atoms with Crippen molar-refractivity contribution in [2.24, 2.45) is 0 Å². The molecule has 0 bridgehead atoms. The Bertz CT molecular complexity index is 989. The van der Waals surface area contributed by atoms with Gasteiger partial charge in [-0.2, -0.15) is 0 Å². The zero-order chi connectivity index (χ0) is 19.9. The summed E-state index contributed by atoms with van der Waals surface area (Å²) < 4.78 is 5.12. The molecule has 7 nitrogen and oxygen atoms in total. The van der Waals surface area contributed by atoms with Crippen molar-refractivity contribution in [1.82, 2.24) is 0 Å². The molecule has 1 aliphatic rings. The van der Waals surface area contributed by atoms with Crippen LogP contribution in [-0.2, 0) is 11.2 Å². The SMILES string of the molecule is CCC(=O)CCc1cc(O)c2c(c1O)C(=O)c1c(OC)ccc(O)c1C2=O. The quantitative estimate of drug-likeness (QED) is 0.590. The summed E-state index contributed by atoms with van der Waals surface area (Å²) in [6.45, 7) is 1.71. The van der Waals surface area contributed by atoms with Gasteiger partial charge in [-0.3, -0.25) is 14.4 Å². The van der Waals surface area contributed by atoms with Crippen molar-refractivity contribution in [3.63, 3.8) is 0 Å². The maximum absolute atomic E-state index is 13.0. The van der Waals surface area contributed by atoms with Crippen LogP contribution in [0, 0.1) is 0 Å². The Labute approximate surface area is 154 Å². The third-order valence-corrected chi connectivity index (χ3v) is 4.70. The van der Waals surface area contributed by atoms with Crippen LogP contribution in [0.5, 0.6) is 23.0 Å². The molecule has 3 rings (SSSR count). The molecule has 0 unspecified atom stereocenters. The maximum atomic E-state index is 13.0. The van der Waals surface area contributed by atoms with Gasteiger partial charge < -0.3 is 20.1 Å². The van der Waals surface area contributed by atoms with Gasteiger partial charge in [0.2, 0.25) is 11.6 Å². The number of hydrogen-bond donors (Lipinski definition) is 3. The summed E-state index contributed by atoms with van der Waals surface area (Å²) >= 11 is 0. The first-order chi connectivity index (χ1) is 12.8. The van der Waals surface area contributed by atoms with Gasteiger partial charge in [0.05, 0.1) is 29.4 Å². The first kappa shape index (κ1) is 18.4. The van der Waals surface area contributed by atoms with Crippen LogP contribution < -0.4 is 4.74 Å². The fourth-order valence-electron chi connectivity index (χ4n) is 3.25. The van der Waals surface area contributed by atoms with E-state index in [-0.39, 0.29) is 52.2 Å². The van der Waals surface area contributed by atoms with E-state index in [4.69, 9.17) is 4.74 Å². The molecule has 0 aliphatic heterocycles. The van der Waals surface area contributed by atoms with Crippen molar-refractivity contribution < 1.29 is 34.4 Å². The van der Waals surface area contributed by atoms with Gasteiger partial charge in [-0.25, -0.2) is 0 Å². The molecule has 0 heterocycles. The lowest BCUT2D eigenvalue weighted by atomic mass is 9.80. The summed E-state index contributed by atoms with van der Waals surface area (Å²) in [6.07, 6.45) is 0.578. The highest BCUT2D eigenvalue weighted by Crippen LogP contribution is 2.44. The Hall–Kier alpha value is -3.35. The van der Waals surface area contributed by atoms with Crippen LogP contribution in [0.2, 0.25) is 0 Å². The van der Waals surface area contributed by atoms with Crippen LogP contribution in [-0.4, -0.2) is 39.8 Å². The molecule has 140 valence electrons. The van der Waals surface area contributed by atoms with Gasteiger partial charge in [0.15, 0.2) is 0 Å². The minimum Gasteiger partial charge on any atom is -0.507 e. The lowest BCUT2D eigenvalue weighted by Gasteiger charge is -2.23. The van der Waals surface area contributed by atoms with E-state index in [2.05, 4.69) is 0 Å². The lowest BCUT2D eigenvalue weighted by molar-refractivity contribution is -0.118. The average molecular weight is 370 g/mol. The van der Waals surface area contributed by atoms with Crippen LogP contribution in [0.4, 0.5) is 0 Å². The van der Waals surface area contributed by atoms with Gasteiger partial charge in [0.25, 0.3) is 0 Å². The second-order valence-corrected chi connectivity index (χ2v) is 6.24. The van der Waals surface area contributed by atoms with E-state index in [1.54, 1.807) is 6.92 Å². The second kappa shape index (κ2) is 6.75. The van der Waals surface area contributed by atoms with Gasteiger partial charge in [0.1, 0.15) is 28.8 Å². The number of phenols is 3. The molecule has 2 aromatic rings. The number of carbonyl (C=O) groups excluding carboxylic acids is 3. The minimum absolute atomic E-state index is 0.0362. The van der Waals surface area contributed by atoms with Crippen molar-refractivity contribution in [1.29, 1.82) is 0 Å². The van der Waals surface area contributed by atoms with Gasteiger partial charge >= 0.3 is 0 Å². The summed E-state index contributed by atoms with van der Waals surface area (Å²) in [6, 6.07) is 3.73. The normalized spacial score (nSPS) is 12.5. The predicted octanol–water partition coefficient (Wildman–Crippen LogP) is 2.50. The van der Waals surface area contributed by atoms with Crippen molar-refractivity contribution in [2.45, 2.75) is 26.2 Å². The molecule has 1 aliphatic carbocycles. The number of hydrogen-bond acceptors (Lipinski definition) is 7. The van der Waals surface area contributed by atoms with Gasteiger partial charge in [-0.15, -0.1) is 0 Å². The first-order valence-corrected chi connectivity index (χ1v) is 8.40. The summed E-state index contributed by atoms with van der Waals surface area (Å²) in [5.74, 6) is -2.88. The Morgan fingerprint density at radius 3 is 2.22 bits per heavy atom. The summed E-state index contributed by atoms with van der Waals surface area (Å²) in [4.78, 5) is 37.4. The molecular weight excluding hydrogens is 352 g/mol. The zero-order valence-corrected chi connectivity index (χ0v) is 14.8. The van der Waals surface area contributed by atoms with Crippen LogP contribution in [0.3, 0.4) is 0 Å². The molecule has 0 saturated carbocycles. The van der Waals surface area contributed by atoms with E-state index < -0.39 is 28.8 Å². The number of benzene rings is 2. The highest BCUT2D eigenvalue weighted by Gasteiger charge is 2.39. The fraction of sp³-hybridized carbons (Fsp3) is 0.250. The van der Waals surface area contributed by atoms with Crippen molar-refractivity contribution in [3.8, 4) is 23.0 Å². The maximum Gasteiger partial charge on any atom is 0.202 e. The van der Waals surface area contributed by atoms with E-state index in [1.807, 2.05) is 0 Å². The van der Waals surface area contributed by atoms with E-state index in [0.717, 1.165) is 0 Å². The summed E-state index contributed by atoms with van der Waals surface area (Å²) in [5.41, 5.74) is -0.992. The smallest absolute Gasteiger partial charge is 0.202 e. The zero-order valence-electron chi connectivity index (χ0n) is 14.8. The molecule has 0 radical (unpaired) electrons. The molecule has 0 fully saturated rings. The number of carbonyl (C=O) groups is 3. The van der Waals surface area contributed by atoms with E-state index >= 15 is 0 Å². The summed E-state index contributed by atoms with van der Waals surface area (Å²) in [5, 5.41) is 31.0. The van der Waals surface area contributed by atoms with E-state index in [9.17, 15) is 29.7 Å². The number of aryl methyl sites for hydroxylation is 1. The summed E-state index contributed by atoms with van der Waals surface area (Å²) in [7, 11) is 1.31. The molecule has 0 aromatic heterocycles. The minimum atomic E-state index is -0.792. The van der Waals surface area contributed by atoms with Crippen molar-refractivity contribution in [3.05, 3.63) is 46.0 Å². The standard InChI is InChI=1S/C20H18O7/c1-3-10(21)5-4-9-8-12(23)15-17(18(9)24)20(26)16-13(27-2)7-6-11(22)14(16)19(15)25/h6-8,22-24H,3-5H2,1-2H3. The third-order valence-electron chi connectivity index (χ3n) is 4.70. The number of Topliss-reactive ketones (excluding diaryl/α,β-unsaturated/α-hetero) is 1. The number of ketones is 3. The van der Waals surface area contributed by atoms with Gasteiger partial charge in [-0.1, -0.05) is 6.92 Å². The fourth-order valence-corrected chi connectivity index (χ4v) is 3.25. The number of methoxy groups -OCH3 is 1. The van der Waals surface area contributed by atoms with Crippen LogP contribution in [0.1, 0.15) is 57.2 Å². The molecule has 27 heavy (non-hydrogen) atoms. The highest BCUT2D eigenvalue weighted by atomic mass is 16.5. The van der Waals surface area contributed by atoms with Crippen molar-refractivity contribution >= 4 is 17.3 Å². The Balaban J connectivity index is 2.22. The topological polar surface area (TPSA) is 121 Å². The highest BCUT2D eigenvalue weighted by molar-refractivity contribution is 6.32. The Morgan fingerprint density at radius 2 is 1.59 bits per heavy atom.